The quantitative estimate of drug-likeness (QED) is 0.903. The molecule has 1 aromatic rings. The van der Waals surface area contributed by atoms with Gasteiger partial charge in [0.1, 0.15) is 11.9 Å². The first-order valence-corrected chi connectivity index (χ1v) is 6.79. The molecule has 2 heterocycles. The molecular formula is C13H19F2N3O2. The van der Waals surface area contributed by atoms with Crippen LogP contribution in [0.15, 0.2) is 12.4 Å². The number of alkyl halides is 2. The lowest BCUT2D eigenvalue weighted by molar-refractivity contribution is -0.145. The van der Waals surface area contributed by atoms with Gasteiger partial charge in [0.05, 0.1) is 6.54 Å². The predicted molar refractivity (Wildman–Crippen MR) is 68.3 cm³/mol. The van der Waals surface area contributed by atoms with Crippen molar-refractivity contribution in [2.75, 3.05) is 6.54 Å². The molecule has 0 bridgehead atoms. The van der Waals surface area contributed by atoms with E-state index >= 15 is 0 Å². The maximum Gasteiger partial charge on any atom is 0.320 e. The minimum Gasteiger partial charge on any atom is -0.480 e. The molecular weight excluding hydrogens is 268 g/mol. The lowest BCUT2D eigenvalue weighted by atomic mass is 9.89. The fourth-order valence-electron chi connectivity index (χ4n) is 2.73. The van der Waals surface area contributed by atoms with Crippen molar-refractivity contribution < 1.29 is 18.7 Å². The minimum absolute atomic E-state index is 0.144. The standard InChI is InChI=1S/C13H19F2N3O2/c1-2-9-3-5-17(10(7-9)12(19)20)8-11-16-4-6-18(11)13(14)15/h4,6,9-10,13H,2-3,5,7-8H2,1H3,(H,19,20). The Morgan fingerprint density at radius 3 is 2.95 bits per heavy atom. The van der Waals surface area contributed by atoms with E-state index in [4.69, 9.17) is 0 Å². The van der Waals surface area contributed by atoms with E-state index in [2.05, 4.69) is 4.98 Å². The fourth-order valence-corrected chi connectivity index (χ4v) is 2.73. The van der Waals surface area contributed by atoms with E-state index < -0.39 is 18.6 Å². The summed E-state index contributed by atoms with van der Waals surface area (Å²) in [5, 5.41) is 9.31. The highest BCUT2D eigenvalue weighted by atomic mass is 19.3. The van der Waals surface area contributed by atoms with Crippen LogP contribution in [-0.4, -0.2) is 38.1 Å². The first-order chi connectivity index (χ1) is 9.52. The lowest BCUT2D eigenvalue weighted by Crippen LogP contribution is -2.47. The zero-order valence-corrected chi connectivity index (χ0v) is 11.4. The number of hydrogen-bond acceptors (Lipinski definition) is 3. The van der Waals surface area contributed by atoms with Crippen LogP contribution >= 0.6 is 0 Å². The van der Waals surface area contributed by atoms with Crippen LogP contribution in [0.2, 0.25) is 0 Å². The minimum atomic E-state index is -2.65. The van der Waals surface area contributed by atoms with Crippen molar-refractivity contribution in [2.24, 2.45) is 5.92 Å². The summed E-state index contributed by atoms with van der Waals surface area (Å²) in [5.41, 5.74) is 0. The van der Waals surface area contributed by atoms with Crippen LogP contribution in [0.5, 0.6) is 0 Å². The van der Waals surface area contributed by atoms with E-state index in [1.54, 1.807) is 4.90 Å². The SMILES string of the molecule is CCC1CCN(Cc2nccn2C(F)F)C(C(=O)O)C1. The summed E-state index contributed by atoms with van der Waals surface area (Å²) >= 11 is 0. The number of imidazole rings is 1. The first kappa shape index (κ1) is 14.9. The smallest absolute Gasteiger partial charge is 0.320 e. The van der Waals surface area contributed by atoms with E-state index in [0.717, 1.165) is 17.4 Å². The number of rotatable bonds is 5. The summed E-state index contributed by atoms with van der Waals surface area (Å²) in [7, 11) is 0. The van der Waals surface area contributed by atoms with Gasteiger partial charge in [0.2, 0.25) is 0 Å². The van der Waals surface area contributed by atoms with Gasteiger partial charge >= 0.3 is 12.5 Å². The highest BCUT2D eigenvalue weighted by Crippen LogP contribution is 2.27. The van der Waals surface area contributed by atoms with Crippen LogP contribution in [0.3, 0.4) is 0 Å². The molecule has 0 spiro atoms. The molecule has 0 aromatic carbocycles. The maximum absolute atomic E-state index is 12.8. The third kappa shape index (κ3) is 3.15. The molecule has 1 aliphatic rings. The van der Waals surface area contributed by atoms with Gasteiger partial charge < -0.3 is 5.11 Å². The van der Waals surface area contributed by atoms with Gasteiger partial charge in [-0.3, -0.25) is 14.3 Å². The zero-order valence-electron chi connectivity index (χ0n) is 11.4. The summed E-state index contributed by atoms with van der Waals surface area (Å²) < 4.78 is 26.3. The Kier molecular flexibility index (Phi) is 4.69. The van der Waals surface area contributed by atoms with Crippen LogP contribution in [0.4, 0.5) is 8.78 Å². The molecule has 1 saturated heterocycles. The Labute approximate surface area is 116 Å². The number of carboxylic acid groups (broad SMARTS) is 1. The molecule has 2 atom stereocenters. The van der Waals surface area contributed by atoms with Gasteiger partial charge in [0.15, 0.2) is 0 Å². The topological polar surface area (TPSA) is 58.4 Å². The fraction of sp³-hybridized carbons (Fsp3) is 0.692. The third-order valence-electron chi connectivity index (χ3n) is 3.99. The number of aliphatic carboxylic acids is 1. The van der Waals surface area contributed by atoms with Crippen LogP contribution < -0.4 is 0 Å². The van der Waals surface area contributed by atoms with Crippen LogP contribution in [0.25, 0.3) is 0 Å². The zero-order chi connectivity index (χ0) is 14.7. The molecule has 2 rings (SSSR count). The second-order valence-electron chi connectivity index (χ2n) is 5.15. The summed E-state index contributed by atoms with van der Waals surface area (Å²) in [5.74, 6) is -0.290. The van der Waals surface area contributed by atoms with Gasteiger partial charge in [0, 0.05) is 12.4 Å². The first-order valence-electron chi connectivity index (χ1n) is 6.79. The second kappa shape index (κ2) is 6.30. The number of aromatic nitrogens is 2. The number of piperidine rings is 1. The molecule has 112 valence electrons. The molecule has 5 nitrogen and oxygen atoms in total. The Balaban J connectivity index is 2.10. The maximum atomic E-state index is 12.8. The van der Waals surface area contributed by atoms with Crippen LogP contribution in [0, 0.1) is 5.92 Å². The molecule has 1 aliphatic heterocycles. The van der Waals surface area contributed by atoms with Crippen molar-refractivity contribution in [3.63, 3.8) is 0 Å². The molecule has 0 radical (unpaired) electrons. The lowest BCUT2D eigenvalue weighted by Gasteiger charge is -2.36. The Bertz CT molecular complexity index is 464. The molecule has 7 heteroatoms. The van der Waals surface area contributed by atoms with E-state index in [9.17, 15) is 18.7 Å². The summed E-state index contributed by atoms with van der Waals surface area (Å²) in [4.78, 5) is 17.0. The van der Waals surface area contributed by atoms with Crippen molar-refractivity contribution in [1.82, 2.24) is 14.5 Å². The van der Waals surface area contributed by atoms with E-state index in [0.29, 0.717) is 18.9 Å². The Hall–Kier alpha value is -1.50. The number of carboxylic acids is 1. The second-order valence-corrected chi connectivity index (χ2v) is 5.15. The summed E-state index contributed by atoms with van der Waals surface area (Å²) in [6, 6.07) is -0.614. The van der Waals surface area contributed by atoms with Gasteiger partial charge in [-0.1, -0.05) is 13.3 Å². The van der Waals surface area contributed by atoms with Gasteiger partial charge in [-0.2, -0.15) is 8.78 Å². The number of halogens is 2. The average Bonchev–Trinajstić information content (AvgIpc) is 2.87. The van der Waals surface area contributed by atoms with Crippen LogP contribution in [0.1, 0.15) is 38.6 Å². The number of hydrogen-bond donors (Lipinski definition) is 1. The van der Waals surface area contributed by atoms with Crippen molar-refractivity contribution in [1.29, 1.82) is 0 Å². The van der Waals surface area contributed by atoms with Gasteiger partial charge in [-0.25, -0.2) is 4.98 Å². The molecule has 0 saturated carbocycles. The highest BCUT2D eigenvalue weighted by Gasteiger charge is 2.33. The highest BCUT2D eigenvalue weighted by molar-refractivity contribution is 5.73. The monoisotopic (exact) mass is 287 g/mol. The van der Waals surface area contributed by atoms with E-state index in [1.165, 1.54) is 12.4 Å². The number of nitrogens with zero attached hydrogens (tertiary/aromatic N) is 3. The van der Waals surface area contributed by atoms with Crippen molar-refractivity contribution in [3.8, 4) is 0 Å². The normalized spacial score (nSPS) is 24.2. The Morgan fingerprint density at radius 2 is 2.35 bits per heavy atom. The van der Waals surface area contributed by atoms with Crippen molar-refractivity contribution in [2.45, 2.75) is 45.3 Å². The van der Waals surface area contributed by atoms with Gasteiger partial charge in [0.25, 0.3) is 0 Å². The number of carbonyl (C=O) groups is 1. The predicted octanol–water partition coefficient (Wildman–Crippen LogP) is 2.35. The van der Waals surface area contributed by atoms with Crippen LogP contribution in [-0.2, 0) is 11.3 Å². The molecule has 1 N–H and O–H groups in total. The molecule has 0 aliphatic carbocycles. The molecule has 0 amide bonds. The van der Waals surface area contributed by atoms with E-state index in [1.807, 2.05) is 6.92 Å². The van der Waals surface area contributed by atoms with E-state index in [-0.39, 0.29) is 12.4 Å². The summed E-state index contributed by atoms with van der Waals surface area (Å²) in [6.45, 7) is 0.142. The largest absolute Gasteiger partial charge is 0.480 e. The molecule has 20 heavy (non-hydrogen) atoms. The molecule has 1 aromatic heterocycles. The van der Waals surface area contributed by atoms with Crippen molar-refractivity contribution >= 4 is 5.97 Å². The average molecular weight is 287 g/mol. The molecule has 2 unspecified atom stereocenters. The molecule has 1 fully saturated rings. The Morgan fingerprint density at radius 1 is 1.60 bits per heavy atom. The van der Waals surface area contributed by atoms with Gasteiger partial charge in [-0.15, -0.1) is 0 Å². The van der Waals surface area contributed by atoms with Gasteiger partial charge in [-0.05, 0) is 25.3 Å². The third-order valence-corrected chi connectivity index (χ3v) is 3.99. The van der Waals surface area contributed by atoms with Crippen molar-refractivity contribution in [3.05, 3.63) is 18.2 Å². The number of likely N-dealkylation sites (tertiary alicyclic amines) is 1. The summed E-state index contributed by atoms with van der Waals surface area (Å²) in [6.07, 6.45) is 4.95.